The Kier molecular flexibility index (Phi) is 3.65. The lowest BCUT2D eigenvalue weighted by atomic mass is 10.1. The Morgan fingerprint density at radius 2 is 1.80 bits per heavy atom. The zero-order valence-corrected chi connectivity index (χ0v) is 12.6. The summed E-state index contributed by atoms with van der Waals surface area (Å²) < 4.78 is 6.87. The highest BCUT2D eigenvalue weighted by Gasteiger charge is 2.02. The van der Waals surface area contributed by atoms with Crippen molar-refractivity contribution in [2.45, 2.75) is 13.3 Å². The van der Waals surface area contributed by atoms with Crippen LogP contribution in [0.25, 0.3) is 10.8 Å². The smallest absolute Gasteiger partial charge is 0.222 e. The third kappa shape index (κ3) is 2.80. The van der Waals surface area contributed by atoms with Crippen LogP contribution in [0.5, 0.6) is 11.6 Å². The van der Waals surface area contributed by atoms with E-state index in [9.17, 15) is 0 Å². The van der Waals surface area contributed by atoms with Gasteiger partial charge in [-0.1, -0.05) is 35.0 Å². The van der Waals surface area contributed by atoms with Crippen molar-refractivity contribution in [1.29, 1.82) is 0 Å². The number of rotatable bonds is 3. The van der Waals surface area contributed by atoms with Crippen molar-refractivity contribution >= 4 is 26.7 Å². The summed E-state index contributed by atoms with van der Waals surface area (Å²) in [5.41, 5.74) is 0.972. The summed E-state index contributed by atoms with van der Waals surface area (Å²) in [6.07, 6.45) is 2.40. The number of fused-ring (bicyclic) bond motifs is 1. The van der Waals surface area contributed by atoms with E-state index >= 15 is 0 Å². The van der Waals surface area contributed by atoms with Crippen LogP contribution >= 0.6 is 15.9 Å². The first-order valence-electron chi connectivity index (χ1n) is 6.42. The fourth-order valence-electron chi connectivity index (χ4n) is 2.01. The number of aryl methyl sites for hydroxylation is 1. The highest BCUT2D eigenvalue weighted by molar-refractivity contribution is 9.10. The Balaban J connectivity index is 1.92. The van der Waals surface area contributed by atoms with E-state index < -0.39 is 0 Å². The van der Waals surface area contributed by atoms with Crippen LogP contribution in [0.2, 0.25) is 0 Å². The van der Waals surface area contributed by atoms with Gasteiger partial charge in [0.05, 0.1) is 0 Å². The monoisotopic (exact) mass is 328 g/mol. The van der Waals surface area contributed by atoms with Crippen molar-refractivity contribution in [2.75, 3.05) is 0 Å². The van der Waals surface area contributed by atoms with Crippen molar-refractivity contribution in [3.8, 4) is 11.6 Å². The van der Waals surface area contributed by atoms with E-state index in [4.69, 9.17) is 4.74 Å². The van der Waals surface area contributed by atoms with Gasteiger partial charge in [-0.15, -0.1) is 0 Å². The zero-order valence-electron chi connectivity index (χ0n) is 11.0. The molecule has 0 unspecified atom stereocenters. The summed E-state index contributed by atoms with van der Waals surface area (Å²) in [5, 5.41) is 2.30. The average molecular weight is 329 g/mol. The van der Waals surface area contributed by atoms with E-state index in [0.717, 1.165) is 27.7 Å². The molecule has 3 aromatic rings. The molecule has 100 valence electrons. The molecule has 0 aliphatic heterocycles. The Morgan fingerprint density at radius 1 is 1.00 bits per heavy atom. The molecule has 3 nitrogen and oxygen atoms in total. The summed E-state index contributed by atoms with van der Waals surface area (Å²) in [7, 11) is 0. The van der Waals surface area contributed by atoms with E-state index in [1.165, 1.54) is 11.7 Å². The molecule has 0 N–H and O–H groups in total. The first-order valence-corrected chi connectivity index (χ1v) is 7.22. The maximum absolute atomic E-state index is 5.80. The van der Waals surface area contributed by atoms with Crippen LogP contribution in [-0.2, 0) is 6.42 Å². The molecule has 0 fully saturated rings. The minimum atomic E-state index is 0.577. The summed E-state index contributed by atoms with van der Waals surface area (Å²) in [4.78, 5) is 8.30. The van der Waals surface area contributed by atoms with Crippen LogP contribution in [0.4, 0.5) is 0 Å². The number of halogens is 1. The molecule has 3 rings (SSSR count). The second-order valence-electron chi connectivity index (χ2n) is 4.46. The molecule has 1 heterocycles. The molecular weight excluding hydrogens is 316 g/mol. The van der Waals surface area contributed by atoms with Crippen LogP contribution in [0, 0.1) is 0 Å². The molecule has 0 atom stereocenters. The fraction of sp³-hybridized carbons (Fsp3) is 0.125. The van der Waals surface area contributed by atoms with Gasteiger partial charge in [0.2, 0.25) is 5.88 Å². The number of hydrogen-bond donors (Lipinski definition) is 0. The number of nitrogens with zero attached hydrogens (tertiary/aromatic N) is 2. The quantitative estimate of drug-likeness (QED) is 0.696. The Labute approximate surface area is 125 Å². The van der Waals surface area contributed by atoms with Gasteiger partial charge in [0.25, 0.3) is 0 Å². The first-order chi connectivity index (χ1) is 9.74. The van der Waals surface area contributed by atoms with Crippen molar-refractivity contribution in [1.82, 2.24) is 9.97 Å². The van der Waals surface area contributed by atoms with Gasteiger partial charge in [0.15, 0.2) is 0 Å². The molecule has 0 amide bonds. The van der Waals surface area contributed by atoms with E-state index in [1.807, 2.05) is 30.3 Å². The molecular formula is C16H13BrN2O. The second kappa shape index (κ2) is 5.59. The molecule has 0 spiro atoms. The Hall–Kier alpha value is -1.94. The number of aromatic nitrogens is 2. The second-order valence-corrected chi connectivity index (χ2v) is 5.37. The third-order valence-corrected chi connectivity index (χ3v) is 3.55. The van der Waals surface area contributed by atoms with Crippen molar-refractivity contribution in [2.24, 2.45) is 0 Å². The summed E-state index contributed by atoms with van der Waals surface area (Å²) >= 11 is 3.47. The minimum Gasteiger partial charge on any atom is -0.439 e. The van der Waals surface area contributed by atoms with Crippen molar-refractivity contribution < 1.29 is 4.74 Å². The van der Waals surface area contributed by atoms with Crippen LogP contribution in [-0.4, -0.2) is 9.97 Å². The minimum absolute atomic E-state index is 0.577. The number of ether oxygens (including phenoxy) is 1. The van der Waals surface area contributed by atoms with Crippen molar-refractivity contribution in [3.63, 3.8) is 0 Å². The molecule has 2 aromatic carbocycles. The van der Waals surface area contributed by atoms with Crippen LogP contribution in [0.1, 0.15) is 12.6 Å². The SMILES string of the molecule is CCc1cc(Oc2ccc3cc(Br)ccc3c2)ncn1. The standard InChI is InChI=1S/C16H13BrN2O/c1-2-14-9-16(19-10-18-14)20-15-6-4-11-7-13(17)5-3-12(11)8-15/h3-10H,2H2,1H3. The highest BCUT2D eigenvalue weighted by atomic mass is 79.9. The third-order valence-electron chi connectivity index (χ3n) is 3.06. The van der Waals surface area contributed by atoms with Gasteiger partial charge in [0, 0.05) is 16.2 Å². The van der Waals surface area contributed by atoms with Crippen LogP contribution in [0.15, 0.2) is 53.3 Å². The van der Waals surface area contributed by atoms with E-state index in [1.54, 1.807) is 0 Å². The lowest BCUT2D eigenvalue weighted by molar-refractivity contribution is 0.461. The number of hydrogen-bond acceptors (Lipinski definition) is 3. The van der Waals surface area contributed by atoms with Gasteiger partial charge in [-0.05, 0) is 41.5 Å². The van der Waals surface area contributed by atoms with E-state index in [2.05, 4.69) is 45.0 Å². The van der Waals surface area contributed by atoms with Crippen LogP contribution in [0.3, 0.4) is 0 Å². The molecule has 0 saturated heterocycles. The number of benzene rings is 2. The molecule has 1 aromatic heterocycles. The van der Waals surface area contributed by atoms with Gasteiger partial charge < -0.3 is 4.74 Å². The topological polar surface area (TPSA) is 35.0 Å². The van der Waals surface area contributed by atoms with Gasteiger partial charge in [-0.3, -0.25) is 0 Å². The highest BCUT2D eigenvalue weighted by Crippen LogP contribution is 2.26. The lowest BCUT2D eigenvalue weighted by Gasteiger charge is -2.07. The molecule has 0 aliphatic carbocycles. The predicted octanol–water partition coefficient (Wildman–Crippen LogP) is 4.75. The fourth-order valence-corrected chi connectivity index (χ4v) is 2.38. The molecule has 4 heteroatoms. The van der Waals surface area contributed by atoms with Crippen LogP contribution < -0.4 is 4.74 Å². The van der Waals surface area contributed by atoms with E-state index in [-0.39, 0.29) is 0 Å². The molecule has 0 radical (unpaired) electrons. The summed E-state index contributed by atoms with van der Waals surface area (Å²) in [6.45, 7) is 2.06. The van der Waals surface area contributed by atoms with Gasteiger partial charge in [0.1, 0.15) is 12.1 Å². The Morgan fingerprint density at radius 3 is 2.65 bits per heavy atom. The summed E-state index contributed by atoms with van der Waals surface area (Å²) in [6, 6.07) is 14.0. The summed E-state index contributed by atoms with van der Waals surface area (Å²) in [5.74, 6) is 1.36. The average Bonchev–Trinajstić information content (AvgIpc) is 2.47. The van der Waals surface area contributed by atoms with E-state index in [0.29, 0.717) is 5.88 Å². The maximum Gasteiger partial charge on any atom is 0.222 e. The molecule has 0 saturated carbocycles. The Bertz CT molecular complexity index is 758. The maximum atomic E-state index is 5.80. The normalized spacial score (nSPS) is 10.7. The van der Waals surface area contributed by atoms with Gasteiger partial charge in [-0.25, -0.2) is 9.97 Å². The molecule has 0 bridgehead atoms. The molecule has 20 heavy (non-hydrogen) atoms. The predicted molar refractivity (Wildman–Crippen MR) is 83.1 cm³/mol. The lowest BCUT2D eigenvalue weighted by Crippen LogP contribution is -1.92. The molecule has 0 aliphatic rings. The zero-order chi connectivity index (χ0) is 13.9. The first kappa shape index (κ1) is 13.1. The van der Waals surface area contributed by atoms with Crippen molar-refractivity contribution in [3.05, 3.63) is 59.0 Å². The van der Waals surface area contributed by atoms with Gasteiger partial charge in [-0.2, -0.15) is 0 Å². The van der Waals surface area contributed by atoms with Gasteiger partial charge >= 0.3 is 0 Å². The largest absolute Gasteiger partial charge is 0.439 e.